The van der Waals surface area contributed by atoms with Gasteiger partial charge in [-0.25, -0.2) is 4.98 Å². The zero-order valence-electron chi connectivity index (χ0n) is 17.4. The third-order valence-corrected chi connectivity index (χ3v) is 4.78. The molecule has 30 heavy (non-hydrogen) atoms. The van der Waals surface area contributed by atoms with Crippen LogP contribution in [0.1, 0.15) is 31.7 Å². The van der Waals surface area contributed by atoms with Crippen LogP contribution in [0, 0.1) is 0 Å². The van der Waals surface area contributed by atoms with Gasteiger partial charge in [-0.3, -0.25) is 14.2 Å². The first-order valence-electron chi connectivity index (χ1n) is 10.1. The first-order valence-corrected chi connectivity index (χ1v) is 10.1. The summed E-state index contributed by atoms with van der Waals surface area (Å²) in [6.45, 7) is 3.40. The van der Waals surface area contributed by atoms with Crippen LogP contribution < -0.4 is 20.3 Å². The molecular weight excluding hydrogens is 382 g/mol. The minimum Gasteiger partial charge on any atom is -0.493 e. The second-order valence-corrected chi connectivity index (χ2v) is 6.97. The van der Waals surface area contributed by atoms with Crippen molar-refractivity contribution in [1.29, 1.82) is 0 Å². The molecule has 0 radical (unpaired) electrons. The van der Waals surface area contributed by atoms with E-state index in [1.54, 1.807) is 25.3 Å². The van der Waals surface area contributed by atoms with Gasteiger partial charge in [0.05, 0.1) is 30.9 Å². The highest BCUT2D eigenvalue weighted by molar-refractivity contribution is 5.77. The first-order chi connectivity index (χ1) is 14.6. The molecule has 0 saturated heterocycles. The van der Waals surface area contributed by atoms with E-state index in [-0.39, 0.29) is 24.4 Å². The van der Waals surface area contributed by atoms with E-state index in [9.17, 15) is 9.59 Å². The number of hydrogen-bond acceptors (Lipinski definition) is 5. The van der Waals surface area contributed by atoms with Crippen LogP contribution in [0.3, 0.4) is 0 Å². The molecule has 1 N–H and O–H groups in total. The van der Waals surface area contributed by atoms with Gasteiger partial charge in [-0.15, -0.1) is 0 Å². The van der Waals surface area contributed by atoms with E-state index in [2.05, 4.69) is 17.2 Å². The summed E-state index contributed by atoms with van der Waals surface area (Å²) in [6.07, 6.45) is 3.72. The maximum Gasteiger partial charge on any atom is 0.261 e. The fourth-order valence-corrected chi connectivity index (χ4v) is 3.04. The maximum atomic E-state index is 12.5. The molecule has 3 rings (SSSR count). The van der Waals surface area contributed by atoms with Gasteiger partial charge in [-0.1, -0.05) is 31.5 Å². The summed E-state index contributed by atoms with van der Waals surface area (Å²) in [5.41, 5.74) is 1.42. The van der Waals surface area contributed by atoms with E-state index in [1.165, 1.54) is 10.9 Å². The molecule has 0 unspecified atom stereocenters. The third kappa shape index (κ3) is 5.37. The molecule has 1 heterocycles. The van der Waals surface area contributed by atoms with Crippen molar-refractivity contribution in [1.82, 2.24) is 14.9 Å². The smallest absolute Gasteiger partial charge is 0.261 e. The molecule has 7 nitrogen and oxygen atoms in total. The minimum atomic E-state index is -0.142. The van der Waals surface area contributed by atoms with Gasteiger partial charge in [0.15, 0.2) is 11.5 Å². The van der Waals surface area contributed by atoms with Crippen LogP contribution in [0.5, 0.6) is 11.5 Å². The Kier molecular flexibility index (Phi) is 7.43. The molecule has 0 aliphatic rings. The van der Waals surface area contributed by atoms with Gasteiger partial charge >= 0.3 is 0 Å². The van der Waals surface area contributed by atoms with Crippen molar-refractivity contribution in [2.75, 3.05) is 13.7 Å². The molecule has 7 heteroatoms. The van der Waals surface area contributed by atoms with E-state index in [0.29, 0.717) is 35.6 Å². The number of nitrogens with zero attached hydrogens (tertiary/aromatic N) is 2. The summed E-state index contributed by atoms with van der Waals surface area (Å²) in [5, 5.41) is 3.43. The monoisotopic (exact) mass is 409 g/mol. The van der Waals surface area contributed by atoms with Crippen LogP contribution in [0.15, 0.2) is 53.6 Å². The summed E-state index contributed by atoms with van der Waals surface area (Å²) >= 11 is 0. The molecule has 2 aromatic carbocycles. The zero-order valence-corrected chi connectivity index (χ0v) is 17.4. The second kappa shape index (κ2) is 10.4. The lowest BCUT2D eigenvalue weighted by molar-refractivity contribution is -0.121. The predicted molar refractivity (Wildman–Crippen MR) is 116 cm³/mol. The Bertz CT molecular complexity index is 1060. The number of aryl methyl sites for hydroxylation is 1. The number of benzene rings is 2. The van der Waals surface area contributed by atoms with E-state index in [0.717, 1.165) is 18.4 Å². The van der Waals surface area contributed by atoms with Crippen LogP contribution in [0.25, 0.3) is 10.9 Å². The largest absolute Gasteiger partial charge is 0.493 e. The predicted octanol–water partition coefficient (Wildman–Crippen LogP) is 3.29. The number of fused-ring (bicyclic) bond motifs is 1. The van der Waals surface area contributed by atoms with Gasteiger partial charge in [-0.2, -0.15) is 0 Å². The van der Waals surface area contributed by atoms with Gasteiger partial charge < -0.3 is 14.8 Å². The molecule has 0 bridgehead atoms. The normalized spacial score (nSPS) is 10.7. The summed E-state index contributed by atoms with van der Waals surface area (Å²) in [7, 11) is 1.60. The molecule has 0 aliphatic heterocycles. The highest BCUT2D eigenvalue weighted by Gasteiger charge is 2.09. The highest BCUT2D eigenvalue weighted by atomic mass is 16.5. The number of aromatic nitrogens is 2. The summed E-state index contributed by atoms with van der Waals surface area (Å²) in [5.74, 6) is 1.20. The third-order valence-electron chi connectivity index (χ3n) is 4.78. The standard InChI is InChI=1S/C23H27N3O4/c1-3-4-13-30-20-10-9-17(14-21(20)29-2)15-24-22(27)11-12-26-16-25-19-8-6-5-7-18(19)23(26)28/h5-10,14,16H,3-4,11-13,15H2,1-2H3,(H,24,27). The van der Waals surface area contributed by atoms with Gasteiger partial charge in [0, 0.05) is 19.5 Å². The van der Waals surface area contributed by atoms with Crippen molar-refractivity contribution in [3.8, 4) is 11.5 Å². The molecule has 1 amide bonds. The quantitative estimate of drug-likeness (QED) is 0.520. The van der Waals surface area contributed by atoms with Crippen molar-refractivity contribution in [2.24, 2.45) is 0 Å². The van der Waals surface area contributed by atoms with Crippen molar-refractivity contribution in [3.63, 3.8) is 0 Å². The number of nitrogens with one attached hydrogen (secondary N) is 1. The molecule has 158 valence electrons. The number of rotatable bonds is 10. The van der Waals surface area contributed by atoms with Crippen molar-refractivity contribution in [2.45, 2.75) is 39.3 Å². The fourth-order valence-electron chi connectivity index (χ4n) is 3.04. The lowest BCUT2D eigenvalue weighted by atomic mass is 10.2. The number of amides is 1. The van der Waals surface area contributed by atoms with Crippen LogP contribution in [0.2, 0.25) is 0 Å². The van der Waals surface area contributed by atoms with Gasteiger partial charge in [0.2, 0.25) is 5.91 Å². The van der Waals surface area contributed by atoms with Crippen molar-refractivity contribution < 1.29 is 14.3 Å². The van der Waals surface area contributed by atoms with E-state index in [1.807, 2.05) is 24.3 Å². The van der Waals surface area contributed by atoms with E-state index >= 15 is 0 Å². The van der Waals surface area contributed by atoms with Gasteiger partial charge in [0.25, 0.3) is 5.56 Å². The number of methoxy groups -OCH3 is 1. The van der Waals surface area contributed by atoms with Gasteiger partial charge in [0.1, 0.15) is 0 Å². The van der Waals surface area contributed by atoms with Crippen LogP contribution >= 0.6 is 0 Å². The maximum absolute atomic E-state index is 12.5. The molecular formula is C23H27N3O4. The molecule has 0 aliphatic carbocycles. The van der Waals surface area contributed by atoms with Crippen molar-refractivity contribution >= 4 is 16.8 Å². The Morgan fingerprint density at radius 2 is 2.00 bits per heavy atom. The van der Waals surface area contributed by atoms with E-state index in [4.69, 9.17) is 9.47 Å². The number of carbonyl (C=O) groups is 1. The average molecular weight is 409 g/mol. The number of ether oxygens (including phenoxy) is 2. The topological polar surface area (TPSA) is 82.5 Å². The Morgan fingerprint density at radius 1 is 1.17 bits per heavy atom. The summed E-state index contributed by atoms with van der Waals surface area (Å²) in [4.78, 5) is 29.0. The molecule has 3 aromatic rings. The Labute approximate surface area is 175 Å². The first kappa shape index (κ1) is 21.4. The molecule has 1 aromatic heterocycles. The SMILES string of the molecule is CCCCOc1ccc(CNC(=O)CCn2cnc3ccccc3c2=O)cc1OC. The Morgan fingerprint density at radius 3 is 2.80 bits per heavy atom. The lowest BCUT2D eigenvalue weighted by Crippen LogP contribution is -2.27. The summed E-state index contributed by atoms with van der Waals surface area (Å²) in [6, 6.07) is 12.8. The number of unbranched alkanes of at least 4 members (excludes halogenated alkanes) is 1. The number of para-hydroxylation sites is 1. The molecule has 0 saturated carbocycles. The van der Waals surface area contributed by atoms with Crippen molar-refractivity contribution in [3.05, 3.63) is 64.7 Å². The van der Waals surface area contributed by atoms with Crippen LogP contribution in [-0.2, 0) is 17.9 Å². The molecule has 0 spiro atoms. The lowest BCUT2D eigenvalue weighted by Gasteiger charge is -2.12. The van der Waals surface area contributed by atoms with E-state index < -0.39 is 0 Å². The summed E-state index contributed by atoms with van der Waals surface area (Å²) < 4.78 is 12.6. The minimum absolute atomic E-state index is 0.141. The average Bonchev–Trinajstić information content (AvgIpc) is 2.78. The molecule has 0 atom stereocenters. The zero-order chi connectivity index (χ0) is 21.3. The van der Waals surface area contributed by atoms with Crippen LogP contribution in [-0.4, -0.2) is 29.2 Å². The fraction of sp³-hybridized carbons (Fsp3) is 0.348. The second-order valence-electron chi connectivity index (χ2n) is 6.97. The number of carbonyl (C=O) groups excluding carboxylic acids is 1. The highest BCUT2D eigenvalue weighted by Crippen LogP contribution is 2.28. The van der Waals surface area contributed by atoms with Gasteiger partial charge in [-0.05, 0) is 36.2 Å². The number of hydrogen-bond donors (Lipinski definition) is 1. The van der Waals surface area contributed by atoms with Crippen LogP contribution in [0.4, 0.5) is 0 Å². The Balaban J connectivity index is 1.54. The Hall–Kier alpha value is -3.35. The molecule has 0 fully saturated rings.